The second-order valence-corrected chi connectivity index (χ2v) is 7.19. The molecule has 0 spiro atoms. The molecule has 2 aromatic carbocycles. The van der Waals surface area contributed by atoms with E-state index in [0.717, 1.165) is 10.8 Å². The van der Waals surface area contributed by atoms with Crippen LogP contribution < -0.4 is 5.73 Å². The van der Waals surface area contributed by atoms with Crippen LogP contribution in [0.4, 0.5) is 5.69 Å². The molecule has 2 rings (SSSR count). The van der Waals surface area contributed by atoms with Crippen molar-refractivity contribution < 1.29 is 8.42 Å². The third kappa shape index (κ3) is 2.81. The molecule has 0 heterocycles. The predicted octanol–water partition coefficient (Wildman–Crippen LogP) is 2.75. The van der Waals surface area contributed by atoms with Gasteiger partial charge in [0.15, 0.2) is 0 Å². The molecular formula is C12H11NO2S2. The molecule has 0 saturated carbocycles. The van der Waals surface area contributed by atoms with Crippen LogP contribution in [0.15, 0.2) is 64.4 Å². The van der Waals surface area contributed by atoms with Crippen molar-refractivity contribution in [3.63, 3.8) is 0 Å². The van der Waals surface area contributed by atoms with Gasteiger partial charge in [-0.3, -0.25) is 0 Å². The van der Waals surface area contributed by atoms with Gasteiger partial charge in [-0.1, -0.05) is 30.3 Å². The molecule has 0 radical (unpaired) electrons. The highest BCUT2D eigenvalue weighted by Crippen LogP contribution is 2.33. The van der Waals surface area contributed by atoms with E-state index in [1.165, 1.54) is 0 Å². The lowest BCUT2D eigenvalue weighted by molar-refractivity contribution is 0.610. The molecule has 3 nitrogen and oxygen atoms in total. The standard InChI is InChI=1S/C12H11NO2S2/c13-11-8-4-5-9-12(11)16-17(14,15)10-6-2-1-3-7-10/h1-9H,13H2. The second-order valence-electron chi connectivity index (χ2n) is 3.39. The van der Waals surface area contributed by atoms with E-state index >= 15 is 0 Å². The maximum absolute atomic E-state index is 12.1. The van der Waals surface area contributed by atoms with E-state index in [2.05, 4.69) is 0 Å². The van der Waals surface area contributed by atoms with E-state index < -0.39 is 8.87 Å². The first kappa shape index (κ1) is 12.0. The Morgan fingerprint density at radius 1 is 0.882 bits per heavy atom. The average molecular weight is 265 g/mol. The number of nitrogen functional groups attached to an aromatic ring is 1. The van der Waals surface area contributed by atoms with Crippen LogP contribution >= 0.6 is 10.8 Å². The molecule has 0 bridgehead atoms. The van der Waals surface area contributed by atoms with E-state index in [9.17, 15) is 8.42 Å². The predicted molar refractivity (Wildman–Crippen MR) is 70.3 cm³/mol. The van der Waals surface area contributed by atoms with Crippen molar-refractivity contribution in [2.75, 3.05) is 5.73 Å². The van der Waals surface area contributed by atoms with Gasteiger partial charge >= 0.3 is 0 Å². The van der Waals surface area contributed by atoms with E-state index in [0.29, 0.717) is 10.6 Å². The highest BCUT2D eigenvalue weighted by Gasteiger charge is 2.17. The summed E-state index contributed by atoms with van der Waals surface area (Å²) < 4.78 is 24.1. The fourth-order valence-electron chi connectivity index (χ4n) is 1.31. The third-order valence-electron chi connectivity index (χ3n) is 2.15. The molecule has 0 aliphatic carbocycles. The van der Waals surface area contributed by atoms with Gasteiger partial charge in [0.05, 0.1) is 4.90 Å². The van der Waals surface area contributed by atoms with E-state index in [-0.39, 0.29) is 4.90 Å². The van der Waals surface area contributed by atoms with Crippen molar-refractivity contribution in [2.24, 2.45) is 0 Å². The molecule has 0 atom stereocenters. The summed E-state index contributed by atoms with van der Waals surface area (Å²) in [6, 6.07) is 15.2. The van der Waals surface area contributed by atoms with Gasteiger partial charge in [0, 0.05) is 21.4 Å². The molecule has 0 unspecified atom stereocenters. The van der Waals surface area contributed by atoms with Crippen LogP contribution in [-0.2, 0) is 8.87 Å². The minimum atomic E-state index is -3.40. The quantitative estimate of drug-likeness (QED) is 0.684. The Bertz CT molecular complexity index is 609. The van der Waals surface area contributed by atoms with Crippen molar-refractivity contribution in [3.05, 3.63) is 54.6 Å². The van der Waals surface area contributed by atoms with Gasteiger partial charge in [-0.2, -0.15) is 0 Å². The van der Waals surface area contributed by atoms with Gasteiger partial charge in [-0.25, -0.2) is 8.42 Å². The Morgan fingerprint density at radius 3 is 2.12 bits per heavy atom. The maximum Gasteiger partial charge on any atom is 0.234 e. The molecule has 88 valence electrons. The number of hydrogen-bond donors (Lipinski definition) is 1. The van der Waals surface area contributed by atoms with Crippen molar-refractivity contribution >= 4 is 25.4 Å². The zero-order valence-corrected chi connectivity index (χ0v) is 10.5. The van der Waals surface area contributed by atoms with Gasteiger partial charge in [-0.15, -0.1) is 0 Å². The molecule has 0 saturated heterocycles. The normalized spacial score (nSPS) is 11.3. The fraction of sp³-hybridized carbons (Fsp3) is 0. The number of anilines is 1. The first-order valence-electron chi connectivity index (χ1n) is 4.93. The SMILES string of the molecule is Nc1ccccc1SS(=O)(=O)c1ccccc1. The molecule has 0 aliphatic rings. The summed E-state index contributed by atoms with van der Waals surface area (Å²) in [6.45, 7) is 0. The molecule has 0 aromatic heterocycles. The molecular weight excluding hydrogens is 254 g/mol. The Labute approximate surface area is 104 Å². The Morgan fingerprint density at radius 2 is 1.47 bits per heavy atom. The minimum absolute atomic E-state index is 0.285. The van der Waals surface area contributed by atoms with E-state index in [4.69, 9.17) is 5.73 Å². The Hall–Kier alpha value is -1.46. The zero-order chi connectivity index (χ0) is 12.3. The zero-order valence-electron chi connectivity index (χ0n) is 8.91. The van der Waals surface area contributed by atoms with Crippen molar-refractivity contribution in [1.82, 2.24) is 0 Å². The maximum atomic E-state index is 12.1. The summed E-state index contributed by atoms with van der Waals surface area (Å²) >= 11 is 0. The summed E-state index contributed by atoms with van der Waals surface area (Å²) in [5.74, 6) is 0. The van der Waals surface area contributed by atoms with Crippen molar-refractivity contribution in [3.8, 4) is 0 Å². The van der Waals surface area contributed by atoms with Crippen LogP contribution in [-0.4, -0.2) is 8.42 Å². The summed E-state index contributed by atoms with van der Waals surface area (Å²) in [6.07, 6.45) is 0. The fourth-order valence-corrected chi connectivity index (χ4v) is 4.22. The van der Waals surface area contributed by atoms with Gasteiger partial charge in [0.25, 0.3) is 0 Å². The number of nitrogens with two attached hydrogens (primary N) is 1. The minimum Gasteiger partial charge on any atom is -0.398 e. The number of hydrogen-bond acceptors (Lipinski definition) is 4. The lowest BCUT2D eigenvalue weighted by Crippen LogP contribution is -1.96. The monoisotopic (exact) mass is 265 g/mol. The van der Waals surface area contributed by atoms with Crippen LogP contribution in [0, 0.1) is 0 Å². The molecule has 17 heavy (non-hydrogen) atoms. The lowest BCUT2D eigenvalue weighted by atomic mass is 10.3. The Balaban J connectivity index is 2.34. The summed E-state index contributed by atoms with van der Waals surface area (Å²) in [4.78, 5) is 0.838. The highest BCUT2D eigenvalue weighted by atomic mass is 33.1. The average Bonchev–Trinajstić information content (AvgIpc) is 2.33. The van der Waals surface area contributed by atoms with Crippen LogP contribution in [0.25, 0.3) is 0 Å². The highest BCUT2D eigenvalue weighted by molar-refractivity contribution is 8.72. The smallest absolute Gasteiger partial charge is 0.234 e. The van der Waals surface area contributed by atoms with E-state index in [1.807, 2.05) is 0 Å². The Kier molecular flexibility index (Phi) is 3.40. The third-order valence-corrected chi connectivity index (χ3v) is 5.54. The van der Waals surface area contributed by atoms with Crippen LogP contribution in [0.3, 0.4) is 0 Å². The lowest BCUT2D eigenvalue weighted by Gasteiger charge is -2.05. The van der Waals surface area contributed by atoms with Crippen molar-refractivity contribution in [1.29, 1.82) is 0 Å². The van der Waals surface area contributed by atoms with E-state index in [1.54, 1.807) is 54.6 Å². The molecule has 5 heteroatoms. The van der Waals surface area contributed by atoms with Gasteiger partial charge in [-0.05, 0) is 24.3 Å². The summed E-state index contributed by atoms with van der Waals surface area (Å²) in [7, 11) is -2.63. The number of benzene rings is 2. The number of rotatable bonds is 3. The van der Waals surface area contributed by atoms with Gasteiger partial charge in [0.2, 0.25) is 8.87 Å². The first-order chi connectivity index (χ1) is 8.09. The number of para-hydroxylation sites is 1. The van der Waals surface area contributed by atoms with Crippen LogP contribution in [0.5, 0.6) is 0 Å². The van der Waals surface area contributed by atoms with Crippen molar-refractivity contribution in [2.45, 2.75) is 9.79 Å². The van der Waals surface area contributed by atoms with Gasteiger partial charge < -0.3 is 5.73 Å². The molecule has 0 amide bonds. The molecule has 2 aromatic rings. The molecule has 0 fully saturated rings. The van der Waals surface area contributed by atoms with Crippen LogP contribution in [0.2, 0.25) is 0 Å². The topological polar surface area (TPSA) is 60.2 Å². The second kappa shape index (κ2) is 4.81. The molecule has 0 aliphatic heterocycles. The molecule has 2 N–H and O–H groups in total. The first-order valence-corrected chi connectivity index (χ1v) is 7.75. The summed E-state index contributed by atoms with van der Waals surface area (Å²) in [5.41, 5.74) is 6.19. The van der Waals surface area contributed by atoms with Gasteiger partial charge in [0.1, 0.15) is 0 Å². The largest absolute Gasteiger partial charge is 0.398 e. The summed E-state index contributed by atoms with van der Waals surface area (Å²) in [5, 5.41) is 0. The van der Waals surface area contributed by atoms with Crippen LogP contribution in [0.1, 0.15) is 0 Å².